The van der Waals surface area contributed by atoms with Crippen LogP contribution < -0.4 is 5.32 Å². The van der Waals surface area contributed by atoms with Gasteiger partial charge in [-0.25, -0.2) is 12.8 Å². The molecule has 1 aromatic rings. The first-order valence-electron chi connectivity index (χ1n) is 7.09. The number of piperidine rings is 1. The monoisotopic (exact) mass is 348 g/mol. The van der Waals surface area contributed by atoms with Gasteiger partial charge in [0.15, 0.2) is 0 Å². The minimum atomic E-state index is -3.69. The Bertz CT molecular complexity index is 658. The molecule has 2 rings (SSSR count). The average Bonchev–Trinajstić information content (AvgIpc) is 2.50. The van der Waals surface area contributed by atoms with Gasteiger partial charge >= 0.3 is 0 Å². The van der Waals surface area contributed by atoms with Crippen LogP contribution in [0.4, 0.5) is 4.39 Å². The Balaban J connectivity index is 2.06. The largest absolute Gasteiger partial charge is 0.353 e. The normalized spacial score (nSPS) is 17.4. The van der Waals surface area contributed by atoms with Crippen LogP contribution in [0.25, 0.3) is 0 Å². The fraction of sp³-hybridized carbons (Fsp3) is 0.500. The molecular weight excluding hydrogens is 331 g/mol. The summed E-state index contributed by atoms with van der Waals surface area (Å²) in [6, 6.07) is 3.37. The fourth-order valence-corrected chi connectivity index (χ4v) is 4.10. The molecule has 0 aliphatic carbocycles. The standard InChI is InChI=1S/C14H18ClFN2O3S/c1-2-14(19)17-10-5-7-18(8-6-10)22(20,21)11-3-4-13(16)12(15)9-11/h3-4,9-10H,2,5-8H2,1H3,(H,17,19). The van der Waals surface area contributed by atoms with Gasteiger partial charge in [-0.2, -0.15) is 4.31 Å². The van der Waals surface area contributed by atoms with Crippen LogP contribution in [0.15, 0.2) is 23.1 Å². The molecule has 1 aliphatic rings. The van der Waals surface area contributed by atoms with Crippen molar-refractivity contribution in [1.29, 1.82) is 0 Å². The van der Waals surface area contributed by atoms with Crippen molar-refractivity contribution in [2.24, 2.45) is 0 Å². The zero-order chi connectivity index (χ0) is 16.3. The second-order valence-corrected chi connectivity index (χ2v) is 7.52. The molecule has 1 amide bonds. The summed E-state index contributed by atoms with van der Waals surface area (Å²) < 4.78 is 39.5. The molecular formula is C14H18ClFN2O3S. The molecule has 1 N–H and O–H groups in total. The highest BCUT2D eigenvalue weighted by atomic mass is 35.5. The van der Waals surface area contributed by atoms with Gasteiger partial charge in [0.25, 0.3) is 0 Å². The molecule has 1 aromatic carbocycles. The molecule has 22 heavy (non-hydrogen) atoms. The van der Waals surface area contributed by atoms with Crippen molar-refractivity contribution in [3.05, 3.63) is 29.0 Å². The summed E-state index contributed by atoms with van der Waals surface area (Å²) in [5.41, 5.74) is 0. The van der Waals surface area contributed by atoms with E-state index in [2.05, 4.69) is 5.32 Å². The van der Waals surface area contributed by atoms with Gasteiger partial charge in [-0.1, -0.05) is 18.5 Å². The van der Waals surface area contributed by atoms with Crippen molar-refractivity contribution < 1.29 is 17.6 Å². The summed E-state index contributed by atoms with van der Waals surface area (Å²) in [6.07, 6.45) is 1.52. The Kier molecular flexibility index (Phi) is 5.41. The van der Waals surface area contributed by atoms with E-state index in [1.165, 1.54) is 10.4 Å². The van der Waals surface area contributed by atoms with Crippen molar-refractivity contribution in [3.63, 3.8) is 0 Å². The highest BCUT2D eigenvalue weighted by Crippen LogP contribution is 2.24. The maximum absolute atomic E-state index is 13.2. The van der Waals surface area contributed by atoms with E-state index >= 15 is 0 Å². The Morgan fingerprint density at radius 2 is 2.05 bits per heavy atom. The second kappa shape index (κ2) is 6.93. The molecule has 0 spiro atoms. The number of hydrogen-bond acceptors (Lipinski definition) is 3. The van der Waals surface area contributed by atoms with Gasteiger partial charge in [0.1, 0.15) is 5.82 Å². The van der Waals surface area contributed by atoms with E-state index in [1.807, 2.05) is 0 Å². The predicted octanol–water partition coefficient (Wildman–Crippen LogP) is 2.16. The smallest absolute Gasteiger partial charge is 0.243 e. The van der Waals surface area contributed by atoms with Gasteiger partial charge < -0.3 is 5.32 Å². The first kappa shape index (κ1) is 17.2. The molecule has 0 bridgehead atoms. The maximum atomic E-state index is 13.2. The number of amides is 1. The average molecular weight is 349 g/mol. The van der Waals surface area contributed by atoms with Gasteiger partial charge in [-0.05, 0) is 31.0 Å². The second-order valence-electron chi connectivity index (χ2n) is 5.18. The topological polar surface area (TPSA) is 66.5 Å². The van der Waals surface area contributed by atoms with Crippen LogP contribution in [-0.4, -0.2) is 37.8 Å². The van der Waals surface area contributed by atoms with Crippen LogP contribution in [0.2, 0.25) is 5.02 Å². The molecule has 8 heteroatoms. The van der Waals surface area contributed by atoms with Gasteiger partial charge in [-0.15, -0.1) is 0 Å². The maximum Gasteiger partial charge on any atom is 0.243 e. The van der Waals surface area contributed by atoms with Crippen LogP contribution in [0.5, 0.6) is 0 Å². The minimum absolute atomic E-state index is 0.00398. The Labute approximate surface area is 134 Å². The number of halogens is 2. The molecule has 1 aliphatic heterocycles. The predicted molar refractivity (Wildman–Crippen MR) is 81.6 cm³/mol. The van der Waals surface area contributed by atoms with E-state index in [-0.39, 0.29) is 21.9 Å². The van der Waals surface area contributed by atoms with Crippen molar-refractivity contribution in [1.82, 2.24) is 9.62 Å². The van der Waals surface area contributed by atoms with Crippen molar-refractivity contribution in [3.8, 4) is 0 Å². The van der Waals surface area contributed by atoms with E-state index in [1.54, 1.807) is 6.92 Å². The summed E-state index contributed by atoms with van der Waals surface area (Å²) in [5, 5.41) is 2.65. The molecule has 0 radical (unpaired) electrons. The van der Waals surface area contributed by atoms with E-state index < -0.39 is 15.8 Å². The van der Waals surface area contributed by atoms with Crippen molar-refractivity contribution >= 4 is 27.5 Å². The molecule has 122 valence electrons. The lowest BCUT2D eigenvalue weighted by Crippen LogP contribution is -2.46. The molecule has 1 saturated heterocycles. The Morgan fingerprint density at radius 1 is 1.41 bits per heavy atom. The zero-order valence-corrected chi connectivity index (χ0v) is 13.8. The van der Waals surface area contributed by atoms with Crippen LogP contribution in [0.3, 0.4) is 0 Å². The molecule has 0 aromatic heterocycles. The lowest BCUT2D eigenvalue weighted by molar-refractivity contribution is -0.121. The van der Waals surface area contributed by atoms with Gasteiger partial charge in [0.05, 0.1) is 9.92 Å². The number of carbonyl (C=O) groups excluding carboxylic acids is 1. The Morgan fingerprint density at radius 3 is 2.59 bits per heavy atom. The highest BCUT2D eigenvalue weighted by Gasteiger charge is 2.30. The minimum Gasteiger partial charge on any atom is -0.353 e. The third-order valence-corrected chi connectivity index (χ3v) is 5.85. The number of benzene rings is 1. The molecule has 1 heterocycles. The number of carbonyl (C=O) groups is 1. The van der Waals surface area contributed by atoms with Gasteiger partial charge in [0, 0.05) is 25.6 Å². The number of hydrogen-bond donors (Lipinski definition) is 1. The number of rotatable bonds is 4. The third-order valence-electron chi connectivity index (χ3n) is 3.67. The lowest BCUT2D eigenvalue weighted by atomic mass is 10.1. The van der Waals surface area contributed by atoms with Crippen LogP contribution in [0, 0.1) is 5.82 Å². The van der Waals surface area contributed by atoms with Crippen molar-refractivity contribution in [2.75, 3.05) is 13.1 Å². The number of nitrogens with zero attached hydrogens (tertiary/aromatic N) is 1. The molecule has 0 unspecified atom stereocenters. The SMILES string of the molecule is CCC(=O)NC1CCN(S(=O)(=O)c2ccc(F)c(Cl)c2)CC1. The van der Waals surface area contributed by atoms with Crippen LogP contribution >= 0.6 is 11.6 Å². The first-order valence-corrected chi connectivity index (χ1v) is 8.91. The van der Waals surface area contributed by atoms with Gasteiger partial charge in [0.2, 0.25) is 15.9 Å². The van der Waals surface area contributed by atoms with E-state index in [9.17, 15) is 17.6 Å². The van der Waals surface area contributed by atoms with E-state index in [0.29, 0.717) is 32.4 Å². The summed E-state index contributed by atoms with van der Waals surface area (Å²) in [7, 11) is -3.69. The fourth-order valence-electron chi connectivity index (χ4n) is 2.36. The van der Waals surface area contributed by atoms with Crippen LogP contribution in [0.1, 0.15) is 26.2 Å². The lowest BCUT2D eigenvalue weighted by Gasteiger charge is -2.31. The molecule has 5 nitrogen and oxygen atoms in total. The third kappa shape index (κ3) is 3.77. The Hall–Kier alpha value is -1.18. The summed E-state index contributed by atoms with van der Waals surface area (Å²) in [6.45, 7) is 2.39. The first-order chi connectivity index (χ1) is 10.3. The zero-order valence-electron chi connectivity index (χ0n) is 12.2. The summed E-state index contributed by atoms with van der Waals surface area (Å²) in [5.74, 6) is -0.687. The molecule has 1 fully saturated rings. The van der Waals surface area contributed by atoms with Crippen LogP contribution in [-0.2, 0) is 14.8 Å². The van der Waals surface area contributed by atoms with Gasteiger partial charge in [-0.3, -0.25) is 4.79 Å². The van der Waals surface area contributed by atoms with E-state index in [0.717, 1.165) is 12.1 Å². The molecule has 0 atom stereocenters. The summed E-state index contributed by atoms with van der Waals surface area (Å²) in [4.78, 5) is 11.3. The van der Waals surface area contributed by atoms with E-state index in [4.69, 9.17) is 11.6 Å². The summed E-state index contributed by atoms with van der Waals surface area (Å²) >= 11 is 5.65. The number of sulfonamides is 1. The molecule has 0 saturated carbocycles. The number of nitrogens with one attached hydrogen (secondary N) is 1. The highest BCUT2D eigenvalue weighted by molar-refractivity contribution is 7.89. The quantitative estimate of drug-likeness (QED) is 0.906. The van der Waals surface area contributed by atoms with Crippen molar-refractivity contribution in [2.45, 2.75) is 37.1 Å².